The highest BCUT2D eigenvalue weighted by molar-refractivity contribution is 9.10. The zero-order chi connectivity index (χ0) is 14.3. The molecule has 0 unspecified atom stereocenters. The first-order valence-corrected chi connectivity index (χ1v) is 7.36. The molecule has 0 saturated carbocycles. The zero-order valence-corrected chi connectivity index (χ0v) is 12.7. The smallest absolute Gasteiger partial charge is 0.190 e. The number of hydrogen-bond acceptors (Lipinski definition) is 2. The van der Waals surface area contributed by atoms with Crippen LogP contribution in [0.15, 0.2) is 54.6 Å². The highest BCUT2D eigenvalue weighted by atomic mass is 79.9. The Morgan fingerprint density at radius 3 is 1.80 bits per heavy atom. The van der Waals surface area contributed by atoms with E-state index in [0.29, 0.717) is 11.1 Å². The molecule has 0 radical (unpaired) electrons. The van der Waals surface area contributed by atoms with Crippen molar-refractivity contribution in [2.75, 3.05) is 0 Å². The Hall–Kier alpha value is -1.45. The number of carbonyl (C=O) groups excluding carboxylic acids is 2. The summed E-state index contributed by atoms with van der Waals surface area (Å²) < 4.78 is -1.42. The average molecular weight is 350 g/mol. The van der Waals surface area contributed by atoms with Crippen LogP contribution >= 0.6 is 27.5 Å². The molecule has 1 aliphatic rings. The second-order valence-corrected chi connectivity index (χ2v) is 6.38. The van der Waals surface area contributed by atoms with Crippen LogP contribution in [0, 0.1) is 0 Å². The maximum absolute atomic E-state index is 12.6. The van der Waals surface area contributed by atoms with Gasteiger partial charge in [-0.05, 0) is 5.56 Å². The third-order valence-corrected chi connectivity index (χ3v) is 5.54. The van der Waals surface area contributed by atoms with Gasteiger partial charge in [0.1, 0.15) is 0 Å². The number of halogens is 2. The molecule has 0 heterocycles. The molecule has 0 aliphatic heterocycles. The Kier molecular flexibility index (Phi) is 3.27. The van der Waals surface area contributed by atoms with Crippen molar-refractivity contribution >= 4 is 39.1 Å². The van der Waals surface area contributed by atoms with E-state index < -0.39 is 9.70 Å². The normalized spacial score (nSPS) is 17.9. The highest BCUT2D eigenvalue weighted by Crippen LogP contribution is 2.48. The van der Waals surface area contributed by atoms with Crippen LogP contribution in [0.1, 0.15) is 31.7 Å². The summed E-state index contributed by atoms with van der Waals surface area (Å²) in [4.78, 5) is 25.2. The van der Waals surface area contributed by atoms with E-state index >= 15 is 0 Å². The summed E-state index contributed by atoms with van der Waals surface area (Å²) in [6.45, 7) is 0. The van der Waals surface area contributed by atoms with E-state index in [1.165, 1.54) is 0 Å². The standard InChI is InChI=1S/C16H10BrClO2/c17-16(13(18)10-6-2-1-3-7-10)14(19)11-8-4-5-9-12(11)15(16)20/h1-9,13H/t13-/m0/s1. The number of fused-ring (bicyclic) bond motifs is 1. The average Bonchev–Trinajstić information content (AvgIpc) is 2.71. The molecule has 20 heavy (non-hydrogen) atoms. The highest BCUT2D eigenvalue weighted by Gasteiger charge is 2.56. The van der Waals surface area contributed by atoms with E-state index in [-0.39, 0.29) is 11.6 Å². The van der Waals surface area contributed by atoms with Crippen LogP contribution in [0.3, 0.4) is 0 Å². The fourth-order valence-corrected chi connectivity index (χ4v) is 3.49. The van der Waals surface area contributed by atoms with Gasteiger partial charge in [0.05, 0.1) is 5.38 Å². The van der Waals surface area contributed by atoms with Gasteiger partial charge in [-0.3, -0.25) is 9.59 Å². The molecule has 100 valence electrons. The van der Waals surface area contributed by atoms with Gasteiger partial charge in [0.2, 0.25) is 0 Å². The van der Waals surface area contributed by atoms with Crippen LogP contribution in [-0.4, -0.2) is 15.9 Å². The predicted molar refractivity (Wildman–Crippen MR) is 81.8 cm³/mol. The molecule has 0 N–H and O–H groups in total. The molecule has 2 aromatic rings. The topological polar surface area (TPSA) is 34.1 Å². The van der Waals surface area contributed by atoms with E-state index in [1.807, 2.05) is 30.3 Å². The number of alkyl halides is 2. The lowest BCUT2D eigenvalue weighted by molar-refractivity contribution is 0.0869. The van der Waals surface area contributed by atoms with Gasteiger partial charge < -0.3 is 0 Å². The molecule has 0 aromatic heterocycles. The summed E-state index contributed by atoms with van der Waals surface area (Å²) in [5, 5.41) is -0.754. The Labute approximate surface area is 129 Å². The minimum atomic E-state index is -1.42. The molecular weight excluding hydrogens is 340 g/mol. The third kappa shape index (κ3) is 1.77. The van der Waals surface area contributed by atoms with Gasteiger partial charge in [0.15, 0.2) is 15.9 Å². The Bertz CT molecular complexity index is 662. The largest absolute Gasteiger partial charge is 0.292 e. The van der Waals surface area contributed by atoms with Crippen molar-refractivity contribution in [3.8, 4) is 0 Å². The number of rotatable bonds is 2. The Morgan fingerprint density at radius 1 is 0.850 bits per heavy atom. The first-order valence-electron chi connectivity index (χ1n) is 6.13. The first kappa shape index (κ1) is 13.5. The van der Waals surface area contributed by atoms with Crippen molar-refractivity contribution in [1.82, 2.24) is 0 Å². The molecule has 0 spiro atoms. The molecular formula is C16H10BrClO2. The van der Waals surface area contributed by atoms with E-state index in [4.69, 9.17) is 11.6 Å². The summed E-state index contributed by atoms with van der Waals surface area (Å²) in [6.07, 6.45) is 0. The van der Waals surface area contributed by atoms with Crippen LogP contribution in [0.4, 0.5) is 0 Å². The summed E-state index contributed by atoms with van der Waals surface area (Å²) >= 11 is 9.77. The second-order valence-electron chi connectivity index (χ2n) is 4.69. The molecule has 3 rings (SSSR count). The minimum absolute atomic E-state index is 0.276. The van der Waals surface area contributed by atoms with Crippen molar-refractivity contribution in [3.63, 3.8) is 0 Å². The van der Waals surface area contributed by atoms with Crippen LogP contribution < -0.4 is 0 Å². The monoisotopic (exact) mass is 348 g/mol. The number of ketones is 2. The van der Waals surface area contributed by atoms with Gasteiger partial charge >= 0.3 is 0 Å². The molecule has 1 atom stereocenters. The van der Waals surface area contributed by atoms with Crippen LogP contribution in [0.5, 0.6) is 0 Å². The third-order valence-electron chi connectivity index (χ3n) is 3.52. The summed E-state index contributed by atoms with van der Waals surface area (Å²) in [5.41, 5.74) is 1.59. The van der Waals surface area contributed by atoms with Crippen molar-refractivity contribution in [1.29, 1.82) is 0 Å². The van der Waals surface area contributed by atoms with E-state index in [1.54, 1.807) is 24.3 Å². The number of benzene rings is 2. The van der Waals surface area contributed by atoms with Crippen molar-refractivity contribution < 1.29 is 9.59 Å². The van der Waals surface area contributed by atoms with Gasteiger partial charge in [-0.25, -0.2) is 0 Å². The lowest BCUT2D eigenvalue weighted by Gasteiger charge is -2.24. The SMILES string of the molecule is O=C1c2ccccc2C(=O)C1(Br)[C@@H](Cl)c1ccccc1. The van der Waals surface area contributed by atoms with Crippen LogP contribution in [0.25, 0.3) is 0 Å². The van der Waals surface area contributed by atoms with Crippen molar-refractivity contribution in [2.45, 2.75) is 9.70 Å². The minimum Gasteiger partial charge on any atom is -0.292 e. The summed E-state index contributed by atoms with van der Waals surface area (Å²) in [7, 11) is 0. The first-order chi connectivity index (χ1) is 9.56. The summed E-state index contributed by atoms with van der Waals surface area (Å²) in [6, 6.07) is 16.0. The zero-order valence-electron chi connectivity index (χ0n) is 10.3. The van der Waals surface area contributed by atoms with Gasteiger partial charge in [-0.1, -0.05) is 70.5 Å². The number of Topliss-reactive ketones (excluding diaryl/α,β-unsaturated/α-hetero) is 2. The van der Waals surface area contributed by atoms with Gasteiger partial charge in [0, 0.05) is 11.1 Å². The predicted octanol–water partition coefficient (Wildman–Crippen LogP) is 4.18. The van der Waals surface area contributed by atoms with Crippen LogP contribution in [-0.2, 0) is 0 Å². The summed E-state index contributed by atoms with van der Waals surface area (Å²) in [5.74, 6) is -0.552. The Morgan fingerprint density at radius 2 is 1.30 bits per heavy atom. The quantitative estimate of drug-likeness (QED) is 0.602. The number of carbonyl (C=O) groups is 2. The molecule has 4 heteroatoms. The fourth-order valence-electron chi connectivity index (χ4n) is 2.46. The molecule has 0 amide bonds. The molecule has 0 saturated heterocycles. The second kappa shape index (κ2) is 4.83. The van der Waals surface area contributed by atoms with E-state index in [0.717, 1.165) is 5.56 Å². The molecule has 2 nitrogen and oxygen atoms in total. The van der Waals surface area contributed by atoms with Gasteiger partial charge in [-0.2, -0.15) is 0 Å². The molecule has 0 fully saturated rings. The molecule has 2 aromatic carbocycles. The van der Waals surface area contributed by atoms with E-state index in [2.05, 4.69) is 15.9 Å². The lowest BCUT2D eigenvalue weighted by Crippen LogP contribution is -2.38. The van der Waals surface area contributed by atoms with Crippen molar-refractivity contribution in [3.05, 3.63) is 71.3 Å². The van der Waals surface area contributed by atoms with Gasteiger partial charge in [0.25, 0.3) is 0 Å². The fraction of sp³-hybridized carbons (Fsp3) is 0.125. The maximum atomic E-state index is 12.6. The Balaban J connectivity index is 2.11. The molecule has 0 bridgehead atoms. The van der Waals surface area contributed by atoms with Crippen molar-refractivity contribution in [2.24, 2.45) is 0 Å². The molecule has 1 aliphatic carbocycles. The maximum Gasteiger partial charge on any atom is 0.190 e. The van der Waals surface area contributed by atoms with E-state index in [9.17, 15) is 9.59 Å². The lowest BCUT2D eigenvalue weighted by atomic mass is 9.94. The van der Waals surface area contributed by atoms with Crippen LogP contribution in [0.2, 0.25) is 0 Å². The number of hydrogen-bond donors (Lipinski definition) is 0. The van der Waals surface area contributed by atoms with Gasteiger partial charge in [-0.15, -0.1) is 11.6 Å².